The molecule has 0 aromatic heterocycles. The highest BCUT2D eigenvalue weighted by Crippen LogP contribution is 2.25. The summed E-state index contributed by atoms with van der Waals surface area (Å²) in [4.78, 5) is 12.1. The zero-order chi connectivity index (χ0) is 19.8. The Morgan fingerprint density at radius 2 is 1.26 bits per heavy atom. The van der Waals surface area contributed by atoms with Crippen molar-refractivity contribution in [2.45, 2.75) is 20.8 Å². The van der Waals surface area contributed by atoms with E-state index in [9.17, 15) is 4.79 Å². The van der Waals surface area contributed by atoms with E-state index in [1.165, 1.54) is 6.08 Å². The molecule has 0 aliphatic heterocycles. The summed E-state index contributed by atoms with van der Waals surface area (Å²) in [5.74, 6) is -0.361. The van der Waals surface area contributed by atoms with E-state index in [4.69, 9.17) is 27.9 Å². The first-order valence-corrected chi connectivity index (χ1v) is 9.41. The molecule has 0 N–H and O–H groups in total. The second-order valence-electron chi connectivity index (χ2n) is 6.07. The predicted octanol–water partition coefficient (Wildman–Crippen LogP) is 6.99. The summed E-state index contributed by atoms with van der Waals surface area (Å²) < 4.78 is 5.10. The van der Waals surface area contributed by atoms with Crippen LogP contribution in [0.5, 0.6) is 0 Å². The van der Waals surface area contributed by atoms with Crippen molar-refractivity contribution in [3.63, 3.8) is 0 Å². The SMILES string of the molecule is CCOC(=O)C=C(/C(C)=C/c1ccc(Cl)cc1)/C(C)=C/c1ccc(Cl)cc1. The van der Waals surface area contributed by atoms with E-state index in [1.54, 1.807) is 6.92 Å². The van der Waals surface area contributed by atoms with Gasteiger partial charge in [0, 0.05) is 16.1 Å². The predicted molar refractivity (Wildman–Crippen MR) is 115 cm³/mol. The number of esters is 1. The van der Waals surface area contributed by atoms with Crippen molar-refractivity contribution in [1.82, 2.24) is 0 Å². The van der Waals surface area contributed by atoms with Crippen LogP contribution in [0.3, 0.4) is 0 Å². The minimum atomic E-state index is -0.361. The topological polar surface area (TPSA) is 26.3 Å². The molecule has 0 saturated carbocycles. The molecule has 2 rings (SSSR count). The molecule has 0 fully saturated rings. The number of ether oxygens (including phenoxy) is 1. The molecule has 0 heterocycles. The Hall–Kier alpha value is -2.29. The minimum Gasteiger partial charge on any atom is -0.463 e. The Bertz CT molecular complexity index is 810. The van der Waals surface area contributed by atoms with E-state index >= 15 is 0 Å². The van der Waals surface area contributed by atoms with Gasteiger partial charge in [0.2, 0.25) is 0 Å². The largest absolute Gasteiger partial charge is 0.463 e. The molecule has 0 spiro atoms. The second-order valence-corrected chi connectivity index (χ2v) is 6.94. The molecular weight excluding hydrogens is 379 g/mol. The van der Waals surface area contributed by atoms with Crippen molar-refractivity contribution in [1.29, 1.82) is 0 Å². The van der Waals surface area contributed by atoms with E-state index in [2.05, 4.69) is 0 Å². The van der Waals surface area contributed by atoms with Crippen molar-refractivity contribution in [2.24, 2.45) is 0 Å². The van der Waals surface area contributed by atoms with Gasteiger partial charge in [-0.3, -0.25) is 0 Å². The zero-order valence-electron chi connectivity index (χ0n) is 15.6. The highest BCUT2D eigenvalue weighted by molar-refractivity contribution is 6.30. The molecule has 0 radical (unpaired) electrons. The van der Waals surface area contributed by atoms with Crippen molar-refractivity contribution in [3.8, 4) is 0 Å². The first-order valence-electron chi connectivity index (χ1n) is 8.66. The minimum absolute atomic E-state index is 0.336. The first kappa shape index (κ1) is 21.0. The van der Waals surface area contributed by atoms with Crippen molar-refractivity contribution < 1.29 is 9.53 Å². The number of rotatable bonds is 6. The molecule has 2 nitrogen and oxygen atoms in total. The number of benzene rings is 2. The van der Waals surface area contributed by atoms with E-state index in [0.29, 0.717) is 16.7 Å². The molecule has 0 aliphatic rings. The molecule has 0 atom stereocenters. The summed E-state index contributed by atoms with van der Waals surface area (Å²) in [6.07, 6.45) is 5.56. The molecule has 0 unspecified atom stereocenters. The van der Waals surface area contributed by atoms with Crippen molar-refractivity contribution in [2.75, 3.05) is 6.61 Å². The average molecular weight is 401 g/mol. The lowest BCUT2D eigenvalue weighted by molar-refractivity contribution is -0.137. The van der Waals surface area contributed by atoms with Gasteiger partial charge in [0.15, 0.2) is 0 Å². The number of carbonyl (C=O) groups excluding carboxylic acids is 1. The van der Waals surface area contributed by atoms with Crippen LogP contribution in [-0.2, 0) is 9.53 Å². The molecule has 0 saturated heterocycles. The third kappa shape index (κ3) is 6.74. The fourth-order valence-electron chi connectivity index (χ4n) is 2.61. The Kier molecular flexibility index (Phi) is 7.90. The fraction of sp³-hybridized carbons (Fsp3) is 0.174. The van der Waals surface area contributed by atoms with Gasteiger partial charge in [0.25, 0.3) is 0 Å². The summed E-state index contributed by atoms with van der Waals surface area (Å²) >= 11 is 11.9. The molecule has 4 heteroatoms. The molecule has 0 bridgehead atoms. The van der Waals surface area contributed by atoms with Gasteiger partial charge in [-0.05, 0) is 72.9 Å². The first-order chi connectivity index (χ1) is 12.9. The van der Waals surface area contributed by atoms with Gasteiger partial charge in [0.1, 0.15) is 0 Å². The van der Waals surface area contributed by atoms with Gasteiger partial charge >= 0.3 is 5.97 Å². The highest BCUT2D eigenvalue weighted by atomic mass is 35.5. The summed E-state index contributed by atoms with van der Waals surface area (Å²) in [7, 11) is 0. The molecule has 0 aliphatic carbocycles. The van der Waals surface area contributed by atoms with Crippen LogP contribution in [0.1, 0.15) is 31.9 Å². The molecule has 27 heavy (non-hydrogen) atoms. The Labute approximate surface area is 170 Å². The summed E-state index contributed by atoms with van der Waals surface area (Å²) in [5.41, 5.74) is 4.73. The van der Waals surface area contributed by atoms with Crippen LogP contribution in [0.15, 0.2) is 71.3 Å². The number of hydrogen-bond donors (Lipinski definition) is 0. The van der Waals surface area contributed by atoms with Gasteiger partial charge in [-0.15, -0.1) is 0 Å². The summed E-state index contributed by atoms with van der Waals surface area (Å²) in [6, 6.07) is 15.1. The summed E-state index contributed by atoms with van der Waals surface area (Å²) in [6.45, 7) is 6.07. The van der Waals surface area contributed by atoms with Crippen molar-refractivity contribution in [3.05, 3.63) is 92.5 Å². The number of halogens is 2. The third-order valence-electron chi connectivity index (χ3n) is 3.90. The Balaban J connectivity index is 2.42. The van der Waals surface area contributed by atoms with Crippen molar-refractivity contribution >= 4 is 41.3 Å². The summed E-state index contributed by atoms with van der Waals surface area (Å²) in [5, 5.41) is 1.37. The van der Waals surface area contributed by atoms with Crippen LogP contribution < -0.4 is 0 Å². The van der Waals surface area contributed by atoms with Crippen LogP contribution >= 0.6 is 23.2 Å². The maximum absolute atomic E-state index is 12.1. The fourth-order valence-corrected chi connectivity index (χ4v) is 2.87. The van der Waals surface area contributed by atoms with Gasteiger partial charge in [-0.25, -0.2) is 4.79 Å². The quantitative estimate of drug-likeness (QED) is 0.296. The van der Waals surface area contributed by atoms with E-state index < -0.39 is 0 Å². The Morgan fingerprint density at radius 3 is 1.63 bits per heavy atom. The van der Waals surface area contributed by atoms with E-state index in [1.807, 2.05) is 74.5 Å². The highest BCUT2D eigenvalue weighted by Gasteiger charge is 2.08. The second kappa shape index (κ2) is 10.1. The number of carbonyl (C=O) groups is 1. The maximum Gasteiger partial charge on any atom is 0.331 e. The third-order valence-corrected chi connectivity index (χ3v) is 4.41. The van der Waals surface area contributed by atoms with Gasteiger partial charge < -0.3 is 4.74 Å². The van der Waals surface area contributed by atoms with Crippen LogP contribution in [0.2, 0.25) is 10.0 Å². The number of allylic oxidation sites excluding steroid dienone is 3. The Morgan fingerprint density at radius 1 is 0.852 bits per heavy atom. The lowest BCUT2D eigenvalue weighted by atomic mass is 9.96. The normalized spacial score (nSPS) is 11.9. The standard InChI is InChI=1S/C23H22Cl2O2/c1-4-27-23(26)15-22(16(2)13-18-5-9-20(24)10-6-18)17(3)14-19-7-11-21(25)12-8-19/h5-15H,4H2,1-3H3/b16-13+,17-14+. The number of hydrogen-bond acceptors (Lipinski definition) is 2. The molecule has 140 valence electrons. The lowest BCUT2D eigenvalue weighted by Gasteiger charge is -2.10. The van der Waals surface area contributed by atoms with Gasteiger partial charge in [-0.2, -0.15) is 0 Å². The van der Waals surface area contributed by atoms with Gasteiger partial charge in [0.05, 0.1) is 6.61 Å². The molecule has 2 aromatic rings. The molecular formula is C23H22Cl2O2. The maximum atomic E-state index is 12.1. The smallest absolute Gasteiger partial charge is 0.331 e. The lowest BCUT2D eigenvalue weighted by Crippen LogP contribution is -2.02. The monoisotopic (exact) mass is 400 g/mol. The van der Waals surface area contributed by atoms with Crippen LogP contribution in [-0.4, -0.2) is 12.6 Å². The average Bonchev–Trinajstić information content (AvgIpc) is 2.63. The van der Waals surface area contributed by atoms with Gasteiger partial charge in [-0.1, -0.05) is 59.6 Å². The zero-order valence-corrected chi connectivity index (χ0v) is 17.1. The van der Waals surface area contributed by atoms with Crippen LogP contribution in [0.4, 0.5) is 0 Å². The van der Waals surface area contributed by atoms with Crippen LogP contribution in [0.25, 0.3) is 12.2 Å². The van der Waals surface area contributed by atoms with Crippen LogP contribution in [0, 0.1) is 0 Å². The molecule has 2 aromatic carbocycles. The molecule has 0 amide bonds. The van der Waals surface area contributed by atoms with E-state index in [-0.39, 0.29) is 5.97 Å². The van der Waals surface area contributed by atoms with E-state index in [0.717, 1.165) is 27.8 Å².